The first-order valence-electron chi connectivity index (χ1n) is 6.35. The third-order valence-corrected chi connectivity index (χ3v) is 4.12. The van der Waals surface area contributed by atoms with E-state index in [4.69, 9.17) is 23.2 Å². The number of allylic oxidation sites excluding steroid dienone is 8. The molecule has 0 heterocycles. The first-order valence-corrected chi connectivity index (χ1v) is 7.11. The van der Waals surface area contributed by atoms with Crippen molar-refractivity contribution in [2.75, 3.05) is 0 Å². The van der Waals surface area contributed by atoms with Gasteiger partial charge >= 0.3 is 0 Å². The van der Waals surface area contributed by atoms with Crippen LogP contribution in [0.3, 0.4) is 0 Å². The van der Waals surface area contributed by atoms with Gasteiger partial charge in [-0.15, -0.1) is 0 Å². The fourth-order valence-corrected chi connectivity index (χ4v) is 2.79. The maximum Gasteiger partial charge on any atom is 0.0250 e. The van der Waals surface area contributed by atoms with Crippen LogP contribution in [0.4, 0.5) is 0 Å². The second kappa shape index (κ2) is 8.57. The Morgan fingerprint density at radius 2 is 1.22 bits per heavy atom. The van der Waals surface area contributed by atoms with Crippen LogP contribution in [0, 0.1) is 0 Å². The van der Waals surface area contributed by atoms with Gasteiger partial charge in [0.15, 0.2) is 0 Å². The second-order valence-electron chi connectivity index (χ2n) is 4.63. The van der Waals surface area contributed by atoms with Gasteiger partial charge in [-0.05, 0) is 36.8 Å². The van der Waals surface area contributed by atoms with Crippen molar-refractivity contribution in [3.05, 3.63) is 45.5 Å². The van der Waals surface area contributed by atoms with E-state index in [-0.39, 0.29) is 26.2 Å². The van der Waals surface area contributed by atoms with Crippen molar-refractivity contribution in [3.8, 4) is 0 Å². The minimum atomic E-state index is 0. The summed E-state index contributed by atoms with van der Waals surface area (Å²) >= 11 is 12.2. The van der Waals surface area contributed by atoms with Gasteiger partial charge in [-0.3, -0.25) is 0 Å². The van der Waals surface area contributed by atoms with E-state index in [1.807, 2.05) is 0 Å². The van der Waals surface area contributed by atoms with Crippen molar-refractivity contribution >= 4 is 23.2 Å². The van der Waals surface area contributed by atoms with E-state index >= 15 is 0 Å². The molecule has 2 aliphatic carbocycles. The van der Waals surface area contributed by atoms with Crippen molar-refractivity contribution in [3.63, 3.8) is 0 Å². The van der Waals surface area contributed by atoms with E-state index in [9.17, 15) is 0 Å². The summed E-state index contributed by atoms with van der Waals surface area (Å²) in [6.07, 6.45) is 16.4. The Labute approximate surface area is 139 Å². The van der Waals surface area contributed by atoms with E-state index in [0.717, 1.165) is 35.7 Å². The van der Waals surface area contributed by atoms with Crippen molar-refractivity contribution < 1.29 is 26.2 Å². The minimum Gasteiger partial charge on any atom is -0.0885 e. The van der Waals surface area contributed by atoms with Crippen molar-refractivity contribution in [2.24, 2.45) is 0 Å². The zero-order valence-electron chi connectivity index (χ0n) is 10.5. The van der Waals surface area contributed by atoms with Gasteiger partial charge in [0.1, 0.15) is 0 Å². The monoisotopic (exact) mass is 358 g/mol. The fourth-order valence-electron chi connectivity index (χ4n) is 2.30. The van der Waals surface area contributed by atoms with Gasteiger partial charge in [-0.25, -0.2) is 0 Å². The quantitative estimate of drug-likeness (QED) is 0.522. The Hall–Kier alpha value is 0.423. The molecule has 0 spiro atoms. The van der Waals surface area contributed by atoms with Crippen LogP contribution in [0.2, 0.25) is 0 Å². The van der Waals surface area contributed by atoms with Crippen molar-refractivity contribution in [1.29, 1.82) is 0 Å². The molecule has 0 aromatic rings. The molecule has 0 fully saturated rings. The molecule has 0 N–H and O–H groups in total. The molecular formula is C15H18Cl2Zr. The van der Waals surface area contributed by atoms with Gasteiger partial charge in [0.05, 0.1) is 0 Å². The molecule has 0 saturated heterocycles. The van der Waals surface area contributed by atoms with Crippen molar-refractivity contribution in [1.82, 2.24) is 0 Å². The third-order valence-electron chi connectivity index (χ3n) is 3.32. The first-order chi connectivity index (χ1) is 8.27. The van der Waals surface area contributed by atoms with Crippen LogP contribution in [-0.2, 0) is 26.2 Å². The van der Waals surface area contributed by atoms with Crippen LogP contribution in [0.15, 0.2) is 45.5 Å². The van der Waals surface area contributed by atoms with Crippen LogP contribution in [0.1, 0.15) is 44.9 Å². The summed E-state index contributed by atoms with van der Waals surface area (Å²) in [4.78, 5) is 0. The van der Waals surface area contributed by atoms with Gasteiger partial charge in [-0.2, -0.15) is 0 Å². The van der Waals surface area contributed by atoms with Crippen LogP contribution in [0.25, 0.3) is 0 Å². The summed E-state index contributed by atoms with van der Waals surface area (Å²) in [7, 11) is 0. The van der Waals surface area contributed by atoms with Crippen molar-refractivity contribution in [2.45, 2.75) is 44.9 Å². The molecule has 0 aromatic carbocycles. The molecule has 0 saturated carbocycles. The molecule has 0 aliphatic heterocycles. The normalized spacial score (nSPS) is 17.9. The number of halogens is 2. The third kappa shape index (κ3) is 4.84. The predicted octanol–water partition coefficient (Wildman–Crippen LogP) is 5.84. The van der Waals surface area contributed by atoms with E-state index in [0.29, 0.717) is 0 Å². The standard InChI is InChI=1S/C15H18Cl2.Zr/c16-14-10-4-8-12(14)6-2-1-3-7-13-9-5-11-15(13)17;/h4-5,8-9H,1-3,6-7,10-11H2;. The van der Waals surface area contributed by atoms with E-state index in [1.165, 1.54) is 30.4 Å². The number of hydrogen-bond donors (Lipinski definition) is 0. The number of rotatable bonds is 6. The van der Waals surface area contributed by atoms with Crippen LogP contribution in [0.5, 0.6) is 0 Å². The predicted molar refractivity (Wildman–Crippen MR) is 76.4 cm³/mol. The largest absolute Gasteiger partial charge is 0.0885 e. The summed E-state index contributed by atoms with van der Waals surface area (Å²) in [5, 5.41) is 2.07. The van der Waals surface area contributed by atoms with Crippen LogP contribution < -0.4 is 0 Å². The SMILES string of the molecule is ClC1=C(CCCCCC2=C(Cl)CC=C2)C=CC1.[Zr]. The summed E-state index contributed by atoms with van der Waals surface area (Å²) in [5.41, 5.74) is 2.68. The van der Waals surface area contributed by atoms with Gasteiger partial charge in [0.2, 0.25) is 0 Å². The number of hydrogen-bond acceptors (Lipinski definition) is 0. The first kappa shape index (κ1) is 16.5. The Morgan fingerprint density at radius 1 is 0.778 bits per heavy atom. The Balaban J connectivity index is 0.00000162. The number of unbranched alkanes of at least 4 members (excludes halogenated alkanes) is 2. The van der Waals surface area contributed by atoms with Gasteiger partial charge in [-0.1, -0.05) is 53.9 Å². The Kier molecular flexibility index (Phi) is 7.84. The zero-order valence-corrected chi connectivity index (χ0v) is 14.5. The average molecular weight is 360 g/mol. The van der Waals surface area contributed by atoms with E-state index < -0.39 is 0 Å². The molecule has 18 heavy (non-hydrogen) atoms. The second-order valence-corrected chi connectivity index (χ2v) is 5.55. The Morgan fingerprint density at radius 3 is 1.56 bits per heavy atom. The molecule has 96 valence electrons. The summed E-state index contributed by atoms with van der Waals surface area (Å²) in [6.45, 7) is 0. The maximum absolute atomic E-state index is 6.10. The molecule has 0 radical (unpaired) electrons. The fraction of sp³-hybridized carbons (Fsp3) is 0.467. The zero-order chi connectivity index (χ0) is 12.1. The molecule has 0 nitrogen and oxygen atoms in total. The molecule has 2 aliphatic rings. The smallest absolute Gasteiger partial charge is 0.0250 e. The van der Waals surface area contributed by atoms with E-state index in [2.05, 4.69) is 24.3 Å². The molecule has 0 unspecified atom stereocenters. The average Bonchev–Trinajstić information content (AvgIpc) is 2.89. The maximum atomic E-state index is 6.10. The molecule has 0 amide bonds. The van der Waals surface area contributed by atoms with Crippen LogP contribution in [-0.4, -0.2) is 0 Å². The molecule has 0 bridgehead atoms. The van der Waals surface area contributed by atoms with Gasteiger partial charge in [0.25, 0.3) is 0 Å². The summed E-state index contributed by atoms with van der Waals surface area (Å²) < 4.78 is 0. The minimum absolute atomic E-state index is 0. The summed E-state index contributed by atoms with van der Waals surface area (Å²) in [6, 6.07) is 0. The Bertz CT molecular complexity index is 365. The molecule has 0 aromatic heterocycles. The molecule has 3 heteroatoms. The van der Waals surface area contributed by atoms with Gasteiger partial charge < -0.3 is 0 Å². The van der Waals surface area contributed by atoms with Gasteiger partial charge in [0, 0.05) is 49.1 Å². The molecular weight excluding hydrogens is 342 g/mol. The van der Waals surface area contributed by atoms with E-state index in [1.54, 1.807) is 0 Å². The molecule has 2 rings (SSSR count). The molecule has 0 atom stereocenters. The summed E-state index contributed by atoms with van der Waals surface area (Å²) in [5.74, 6) is 0. The van der Waals surface area contributed by atoms with Crippen LogP contribution >= 0.6 is 23.2 Å². The topological polar surface area (TPSA) is 0 Å².